The predicted octanol–water partition coefficient (Wildman–Crippen LogP) is 6.37. The molecule has 0 bridgehead atoms. The van der Waals surface area contributed by atoms with Crippen LogP contribution < -0.4 is 14.4 Å². The van der Waals surface area contributed by atoms with Crippen molar-refractivity contribution in [3.8, 4) is 11.5 Å². The van der Waals surface area contributed by atoms with E-state index < -0.39 is 17.7 Å². The normalized spacial score (nSPS) is 16.9. The number of thiazole rings is 1. The Hall–Kier alpha value is -3.88. The third-order valence-electron chi connectivity index (χ3n) is 6.00. The van der Waals surface area contributed by atoms with Crippen LogP contribution in [0.25, 0.3) is 16.0 Å². The van der Waals surface area contributed by atoms with Gasteiger partial charge in [0.2, 0.25) is 0 Å². The maximum Gasteiger partial charge on any atom is 0.301 e. The van der Waals surface area contributed by atoms with Gasteiger partial charge in [-0.1, -0.05) is 42.0 Å². The molecule has 1 N–H and O–H groups in total. The van der Waals surface area contributed by atoms with Crippen LogP contribution in [-0.4, -0.2) is 35.5 Å². The first-order chi connectivity index (χ1) is 17.9. The fourth-order valence-electron chi connectivity index (χ4n) is 4.23. The number of methoxy groups -OCH3 is 1. The number of ether oxygens (including phenoxy) is 2. The number of rotatable bonds is 7. The molecule has 1 aromatic heterocycles. The van der Waals surface area contributed by atoms with E-state index in [0.29, 0.717) is 44.9 Å². The first kappa shape index (κ1) is 24.8. The number of fused-ring (bicyclic) bond motifs is 1. The van der Waals surface area contributed by atoms with Gasteiger partial charge in [-0.2, -0.15) is 0 Å². The number of Topliss-reactive ketones (excluding diaryl/α,β-unsaturated/α-hetero) is 1. The lowest BCUT2D eigenvalue weighted by atomic mass is 9.95. The maximum atomic E-state index is 13.5. The molecule has 1 amide bonds. The van der Waals surface area contributed by atoms with Gasteiger partial charge in [0.15, 0.2) is 5.13 Å². The van der Waals surface area contributed by atoms with E-state index in [1.807, 2.05) is 13.0 Å². The summed E-state index contributed by atoms with van der Waals surface area (Å²) in [7, 11) is 1.54. The number of nitrogens with zero attached hydrogens (tertiary/aromatic N) is 2. The molecule has 1 unspecified atom stereocenters. The standard InChI is InChI=1S/C28H23ClN2O5S/c1-3-13-36-20-6-4-5-17(14-20)24-23(25(32)16-7-10-19(35-2)11-8-16)26(33)27(34)31(24)28-30-21-12-9-18(29)15-22(21)37-28/h4-12,14-15,24,32H,3,13H2,1-2H3/b25-23+. The molecule has 1 aliphatic rings. The summed E-state index contributed by atoms with van der Waals surface area (Å²) >= 11 is 7.41. The van der Waals surface area contributed by atoms with E-state index in [9.17, 15) is 14.7 Å². The van der Waals surface area contributed by atoms with Gasteiger partial charge in [-0.05, 0) is 66.6 Å². The molecule has 4 aromatic rings. The van der Waals surface area contributed by atoms with Crippen molar-refractivity contribution in [3.63, 3.8) is 0 Å². The Labute approximate surface area is 222 Å². The molecule has 3 aromatic carbocycles. The minimum atomic E-state index is -0.914. The fraction of sp³-hybridized carbons (Fsp3) is 0.179. The number of anilines is 1. The Kier molecular flexibility index (Phi) is 6.86. The molecule has 0 spiro atoms. The van der Waals surface area contributed by atoms with Crippen LogP contribution >= 0.6 is 22.9 Å². The lowest BCUT2D eigenvalue weighted by Crippen LogP contribution is -2.29. The van der Waals surface area contributed by atoms with Crippen LogP contribution in [0.5, 0.6) is 11.5 Å². The average Bonchev–Trinajstić information content (AvgIpc) is 3.44. The van der Waals surface area contributed by atoms with Gasteiger partial charge in [-0.15, -0.1) is 0 Å². The molecule has 1 fully saturated rings. The van der Waals surface area contributed by atoms with Crippen molar-refractivity contribution in [2.45, 2.75) is 19.4 Å². The summed E-state index contributed by atoms with van der Waals surface area (Å²) in [5.41, 5.74) is 1.62. The van der Waals surface area contributed by atoms with E-state index in [4.69, 9.17) is 21.1 Å². The Morgan fingerprint density at radius 2 is 1.86 bits per heavy atom. The SMILES string of the molecule is CCCOc1cccc(C2/C(=C(\O)c3ccc(OC)cc3)C(=O)C(=O)N2c2nc3ccc(Cl)cc3s2)c1. The summed E-state index contributed by atoms with van der Waals surface area (Å²) in [5, 5.41) is 12.2. The number of carbonyl (C=O) groups is 2. The fourth-order valence-corrected chi connectivity index (χ4v) is 5.50. The largest absolute Gasteiger partial charge is 0.507 e. The second-order valence-electron chi connectivity index (χ2n) is 8.43. The number of amides is 1. The summed E-state index contributed by atoms with van der Waals surface area (Å²) < 4.78 is 11.8. The van der Waals surface area contributed by atoms with Crippen LogP contribution in [0.2, 0.25) is 5.02 Å². The van der Waals surface area contributed by atoms with E-state index in [-0.39, 0.29) is 11.3 Å². The monoisotopic (exact) mass is 534 g/mol. The van der Waals surface area contributed by atoms with Crippen LogP contribution in [-0.2, 0) is 9.59 Å². The maximum absolute atomic E-state index is 13.5. The van der Waals surface area contributed by atoms with Gasteiger partial charge in [0.25, 0.3) is 5.78 Å². The molecule has 0 radical (unpaired) electrons. The van der Waals surface area contributed by atoms with Crippen molar-refractivity contribution in [3.05, 3.63) is 88.5 Å². The van der Waals surface area contributed by atoms with Crippen molar-refractivity contribution in [1.82, 2.24) is 4.98 Å². The molecule has 37 heavy (non-hydrogen) atoms. The first-order valence-electron chi connectivity index (χ1n) is 11.7. The van der Waals surface area contributed by atoms with Crippen molar-refractivity contribution in [1.29, 1.82) is 0 Å². The molecule has 188 valence electrons. The molecule has 0 aliphatic carbocycles. The third kappa shape index (κ3) is 4.65. The number of hydrogen-bond acceptors (Lipinski definition) is 7. The number of aliphatic hydroxyl groups excluding tert-OH is 1. The number of aromatic nitrogens is 1. The lowest BCUT2D eigenvalue weighted by molar-refractivity contribution is -0.132. The van der Waals surface area contributed by atoms with Crippen LogP contribution in [0.4, 0.5) is 5.13 Å². The number of benzene rings is 3. The highest BCUT2D eigenvalue weighted by atomic mass is 35.5. The summed E-state index contributed by atoms with van der Waals surface area (Å²) in [4.78, 5) is 32.8. The molecule has 5 rings (SSSR count). The summed E-state index contributed by atoms with van der Waals surface area (Å²) in [6.07, 6.45) is 0.828. The van der Waals surface area contributed by atoms with Gasteiger partial charge >= 0.3 is 5.91 Å². The molecule has 7 nitrogen and oxygen atoms in total. The molecule has 1 aliphatic heterocycles. The summed E-state index contributed by atoms with van der Waals surface area (Å²) in [5.74, 6) is -0.647. The Bertz CT molecular complexity index is 1530. The average molecular weight is 535 g/mol. The Morgan fingerprint density at radius 1 is 1.08 bits per heavy atom. The third-order valence-corrected chi connectivity index (χ3v) is 7.25. The number of ketones is 1. The zero-order chi connectivity index (χ0) is 26.1. The number of halogens is 1. The number of hydrogen-bond donors (Lipinski definition) is 1. The zero-order valence-electron chi connectivity index (χ0n) is 20.1. The van der Waals surface area contributed by atoms with Gasteiger partial charge in [-0.3, -0.25) is 14.5 Å². The number of carbonyl (C=O) groups excluding carboxylic acids is 2. The minimum Gasteiger partial charge on any atom is -0.507 e. The molecule has 1 atom stereocenters. The van der Waals surface area contributed by atoms with E-state index in [1.54, 1.807) is 67.8 Å². The molecule has 2 heterocycles. The molecule has 1 saturated heterocycles. The molecular formula is C28H23ClN2O5S. The smallest absolute Gasteiger partial charge is 0.301 e. The Morgan fingerprint density at radius 3 is 2.59 bits per heavy atom. The first-order valence-corrected chi connectivity index (χ1v) is 12.8. The van der Waals surface area contributed by atoms with Crippen molar-refractivity contribution >= 4 is 55.7 Å². The quantitative estimate of drug-likeness (QED) is 0.168. The van der Waals surface area contributed by atoms with Crippen molar-refractivity contribution < 1.29 is 24.2 Å². The Balaban J connectivity index is 1.69. The summed E-state index contributed by atoms with van der Waals surface area (Å²) in [6, 6.07) is 18.2. The van der Waals surface area contributed by atoms with Crippen LogP contribution in [0.15, 0.2) is 72.3 Å². The van der Waals surface area contributed by atoms with Gasteiger partial charge in [0, 0.05) is 10.6 Å². The second kappa shape index (κ2) is 10.2. The van der Waals surface area contributed by atoms with Gasteiger partial charge in [0.1, 0.15) is 17.3 Å². The van der Waals surface area contributed by atoms with Gasteiger partial charge in [0.05, 0.1) is 35.5 Å². The van der Waals surface area contributed by atoms with E-state index in [2.05, 4.69) is 4.98 Å². The second-order valence-corrected chi connectivity index (χ2v) is 9.87. The minimum absolute atomic E-state index is 0.0277. The van der Waals surface area contributed by atoms with Crippen LogP contribution in [0.1, 0.15) is 30.5 Å². The highest BCUT2D eigenvalue weighted by Gasteiger charge is 2.48. The van der Waals surface area contributed by atoms with Crippen molar-refractivity contribution in [2.75, 3.05) is 18.6 Å². The highest BCUT2D eigenvalue weighted by molar-refractivity contribution is 7.22. The highest BCUT2D eigenvalue weighted by Crippen LogP contribution is 2.45. The number of aliphatic hydroxyl groups is 1. The van der Waals surface area contributed by atoms with Crippen molar-refractivity contribution in [2.24, 2.45) is 0 Å². The van der Waals surface area contributed by atoms with E-state index in [1.165, 1.54) is 16.2 Å². The molecule has 0 saturated carbocycles. The van der Waals surface area contributed by atoms with Crippen LogP contribution in [0, 0.1) is 0 Å². The lowest BCUT2D eigenvalue weighted by Gasteiger charge is -2.23. The predicted molar refractivity (Wildman–Crippen MR) is 145 cm³/mol. The van der Waals surface area contributed by atoms with Gasteiger partial charge in [-0.25, -0.2) is 4.98 Å². The zero-order valence-corrected chi connectivity index (χ0v) is 21.7. The summed E-state index contributed by atoms with van der Waals surface area (Å²) in [6.45, 7) is 2.53. The molecule has 9 heteroatoms. The topological polar surface area (TPSA) is 89.0 Å². The van der Waals surface area contributed by atoms with E-state index in [0.717, 1.165) is 11.1 Å². The van der Waals surface area contributed by atoms with Crippen LogP contribution in [0.3, 0.4) is 0 Å². The molecular weight excluding hydrogens is 512 g/mol. The van der Waals surface area contributed by atoms with E-state index >= 15 is 0 Å². The van der Waals surface area contributed by atoms with Gasteiger partial charge < -0.3 is 14.6 Å².